The first-order valence-corrected chi connectivity index (χ1v) is 17.5. The normalized spacial score (nSPS) is 13.0. The largest absolute Gasteiger partial charge is 0.456 e. The lowest BCUT2D eigenvalue weighted by Crippen LogP contribution is -2.28. The maximum absolute atomic E-state index is 6.16. The molecule has 0 N–H and O–H groups in total. The number of rotatable bonds is 3. The fourth-order valence-corrected chi connectivity index (χ4v) is 8.48. The van der Waals surface area contributed by atoms with Gasteiger partial charge in [0.2, 0.25) is 0 Å². The van der Waals surface area contributed by atoms with E-state index >= 15 is 0 Å². The molecule has 0 bridgehead atoms. The van der Waals surface area contributed by atoms with E-state index in [-0.39, 0.29) is 0 Å². The first-order valence-electron chi connectivity index (χ1n) is 17.5. The molecule has 0 saturated carbocycles. The summed E-state index contributed by atoms with van der Waals surface area (Å²) in [4.78, 5) is 0. The highest BCUT2D eigenvalue weighted by molar-refractivity contribution is 6.12. The zero-order valence-corrected chi connectivity index (χ0v) is 27.4. The van der Waals surface area contributed by atoms with Gasteiger partial charge in [0.05, 0.1) is 11.0 Å². The topological polar surface area (TPSA) is 18.1 Å². The van der Waals surface area contributed by atoms with Gasteiger partial charge in [0.15, 0.2) is 0 Å². The highest BCUT2D eigenvalue weighted by atomic mass is 16.3. The van der Waals surface area contributed by atoms with E-state index in [9.17, 15) is 0 Å². The summed E-state index contributed by atoms with van der Waals surface area (Å²) in [5.74, 6) is 0. The molecule has 10 aromatic rings. The van der Waals surface area contributed by atoms with Gasteiger partial charge in [-0.15, -0.1) is 0 Å². The molecule has 2 nitrogen and oxygen atoms in total. The molecule has 2 heteroatoms. The SMILES string of the molecule is C1=c2c(c3ccc(-c4cccc(-c5ccc6c(c5)c5ccccc5n6-c5ccc6oc7ccccc7c6c5)c4)cc3c3ccccc23)=CCC1. The van der Waals surface area contributed by atoms with Crippen molar-refractivity contribution in [3.05, 3.63) is 162 Å². The summed E-state index contributed by atoms with van der Waals surface area (Å²) in [6, 6.07) is 55.4. The third kappa shape index (κ3) is 4.02. The number of hydrogen-bond acceptors (Lipinski definition) is 1. The number of para-hydroxylation sites is 2. The van der Waals surface area contributed by atoms with Crippen molar-refractivity contribution in [1.29, 1.82) is 0 Å². The maximum Gasteiger partial charge on any atom is 0.135 e. The van der Waals surface area contributed by atoms with E-state index in [2.05, 4.69) is 156 Å². The first-order chi connectivity index (χ1) is 24.8. The monoisotopic (exact) mass is 637 g/mol. The van der Waals surface area contributed by atoms with Crippen LogP contribution in [0.5, 0.6) is 0 Å². The van der Waals surface area contributed by atoms with Crippen LogP contribution in [-0.2, 0) is 0 Å². The van der Waals surface area contributed by atoms with Gasteiger partial charge in [0.1, 0.15) is 11.2 Å². The van der Waals surface area contributed by atoms with Gasteiger partial charge in [-0.25, -0.2) is 0 Å². The molecule has 0 aliphatic heterocycles. The molecule has 0 saturated heterocycles. The maximum atomic E-state index is 6.16. The lowest BCUT2D eigenvalue weighted by Gasteiger charge is -2.13. The molecule has 0 amide bonds. The summed E-state index contributed by atoms with van der Waals surface area (Å²) in [6.07, 6.45) is 7.06. The second-order valence-corrected chi connectivity index (χ2v) is 13.6. The molecule has 8 aromatic carbocycles. The van der Waals surface area contributed by atoms with Gasteiger partial charge in [-0.3, -0.25) is 0 Å². The number of furan rings is 1. The van der Waals surface area contributed by atoms with Crippen LogP contribution in [0.1, 0.15) is 12.8 Å². The Hall–Kier alpha value is -6.38. The van der Waals surface area contributed by atoms with E-state index in [0.717, 1.165) is 40.5 Å². The molecule has 11 rings (SSSR count). The van der Waals surface area contributed by atoms with Crippen molar-refractivity contribution in [2.75, 3.05) is 0 Å². The fraction of sp³-hybridized carbons (Fsp3) is 0.0417. The molecule has 2 aromatic heterocycles. The van der Waals surface area contributed by atoms with Crippen LogP contribution in [-0.4, -0.2) is 4.57 Å². The lowest BCUT2D eigenvalue weighted by atomic mass is 9.91. The van der Waals surface area contributed by atoms with Gasteiger partial charge in [0.25, 0.3) is 0 Å². The van der Waals surface area contributed by atoms with Crippen LogP contribution >= 0.6 is 0 Å². The van der Waals surface area contributed by atoms with Gasteiger partial charge >= 0.3 is 0 Å². The minimum absolute atomic E-state index is 0.911. The van der Waals surface area contributed by atoms with E-state index < -0.39 is 0 Å². The summed E-state index contributed by atoms with van der Waals surface area (Å²) in [5, 5.41) is 12.9. The molecule has 234 valence electrons. The number of aromatic nitrogens is 1. The van der Waals surface area contributed by atoms with E-state index in [4.69, 9.17) is 4.42 Å². The molecule has 50 heavy (non-hydrogen) atoms. The average Bonchev–Trinajstić information content (AvgIpc) is 3.73. The predicted molar refractivity (Wildman–Crippen MR) is 211 cm³/mol. The van der Waals surface area contributed by atoms with Crippen LogP contribution in [0.2, 0.25) is 0 Å². The zero-order valence-electron chi connectivity index (χ0n) is 27.4. The van der Waals surface area contributed by atoms with Gasteiger partial charge < -0.3 is 8.98 Å². The van der Waals surface area contributed by atoms with Crippen LogP contribution < -0.4 is 10.4 Å². The first kappa shape index (κ1) is 27.6. The quantitative estimate of drug-likeness (QED) is 0.176. The highest BCUT2D eigenvalue weighted by Crippen LogP contribution is 2.38. The minimum Gasteiger partial charge on any atom is -0.456 e. The zero-order chi connectivity index (χ0) is 32.8. The second-order valence-electron chi connectivity index (χ2n) is 13.6. The Kier molecular flexibility index (Phi) is 5.82. The number of hydrogen-bond donors (Lipinski definition) is 0. The van der Waals surface area contributed by atoms with E-state index in [1.54, 1.807) is 0 Å². The molecule has 1 aliphatic rings. The van der Waals surface area contributed by atoms with Crippen LogP contribution in [0.15, 0.2) is 156 Å². The Morgan fingerprint density at radius 3 is 1.78 bits per heavy atom. The number of fused-ring (bicyclic) bond motifs is 12. The van der Waals surface area contributed by atoms with E-state index in [0.29, 0.717) is 0 Å². The predicted octanol–water partition coefficient (Wildman–Crippen LogP) is 11.7. The standard InChI is InChI=1S/C48H31NO/c1-2-14-37-35(12-1)36-13-3-4-15-38(36)42-27-32(20-23-39(37)42)30-10-9-11-31(26-30)33-21-24-46-43(28-33)40-16-5-7-18-45(40)49(46)34-22-25-48-44(29-34)41-17-6-8-19-47(41)50-48/h3-29H,1-2H2. The molecule has 0 radical (unpaired) electrons. The minimum atomic E-state index is 0.911. The van der Waals surface area contributed by atoms with Gasteiger partial charge in [-0.05, 0) is 122 Å². The summed E-state index contributed by atoms with van der Waals surface area (Å²) < 4.78 is 8.54. The van der Waals surface area contributed by atoms with Gasteiger partial charge in [-0.2, -0.15) is 0 Å². The smallest absolute Gasteiger partial charge is 0.135 e. The average molecular weight is 638 g/mol. The Labute approximate surface area is 288 Å². The Balaban J connectivity index is 1.06. The van der Waals surface area contributed by atoms with Crippen molar-refractivity contribution in [2.45, 2.75) is 12.8 Å². The van der Waals surface area contributed by atoms with E-state index in [1.165, 1.54) is 76.0 Å². The van der Waals surface area contributed by atoms with Crippen LogP contribution in [0, 0.1) is 0 Å². The summed E-state index contributed by atoms with van der Waals surface area (Å²) in [5.41, 5.74) is 10.2. The van der Waals surface area contributed by atoms with Crippen molar-refractivity contribution >= 4 is 77.4 Å². The number of benzene rings is 8. The molecule has 2 heterocycles. The van der Waals surface area contributed by atoms with Crippen LogP contribution in [0.4, 0.5) is 0 Å². The Morgan fingerprint density at radius 2 is 0.960 bits per heavy atom. The van der Waals surface area contributed by atoms with Crippen molar-refractivity contribution in [3.8, 4) is 27.9 Å². The summed E-state index contributed by atoms with van der Waals surface area (Å²) in [6.45, 7) is 0. The molecule has 0 atom stereocenters. The summed E-state index contributed by atoms with van der Waals surface area (Å²) >= 11 is 0. The third-order valence-electron chi connectivity index (χ3n) is 10.8. The lowest BCUT2D eigenvalue weighted by molar-refractivity contribution is 0.669. The van der Waals surface area contributed by atoms with Crippen molar-refractivity contribution in [2.24, 2.45) is 0 Å². The van der Waals surface area contributed by atoms with Crippen molar-refractivity contribution < 1.29 is 4.42 Å². The van der Waals surface area contributed by atoms with Crippen molar-refractivity contribution in [1.82, 2.24) is 4.57 Å². The van der Waals surface area contributed by atoms with Crippen molar-refractivity contribution in [3.63, 3.8) is 0 Å². The van der Waals surface area contributed by atoms with Crippen LogP contribution in [0.25, 0.3) is 105 Å². The van der Waals surface area contributed by atoms with E-state index in [1.807, 2.05) is 12.1 Å². The van der Waals surface area contributed by atoms with Gasteiger partial charge in [-0.1, -0.05) is 109 Å². The highest BCUT2D eigenvalue weighted by Gasteiger charge is 2.16. The molecular formula is C48H31NO. The molecular weight excluding hydrogens is 607 g/mol. The van der Waals surface area contributed by atoms with Crippen LogP contribution in [0.3, 0.4) is 0 Å². The summed E-state index contributed by atoms with van der Waals surface area (Å²) in [7, 11) is 0. The molecule has 0 fully saturated rings. The molecule has 1 aliphatic carbocycles. The fourth-order valence-electron chi connectivity index (χ4n) is 8.48. The second kappa shape index (κ2) is 10.6. The Morgan fingerprint density at radius 1 is 0.360 bits per heavy atom. The number of nitrogens with zero attached hydrogens (tertiary/aromatic N) is 1. The van der Waals surface area contributed by atoms with Gasteiger partial charge in [0, 0.05) is 27.2 Å². The third-order valence-corrected chi connectivity index (χ3v) is 10.8. The molecule has 0 spiro atoms. The Bertz CT molecular complexity index is 3160. The molecule has 0 unspecified atom stereocenters.